The minimum Gasteiger partial charge on any atom is -0.491 e. The Hall–Kier alpha value is -6.15. The number of fused-ring (bicyclic) bond motifs is 1. The lowest BCUT2D eigenvalue weighted by Gasteiger charge is -2.35. The number of nitrogens with one attached hydrogen (secondary N) is 3. The molecule has 4 amide bonds. The SMILES string of the molecule is Cc1ncsc1-c1ccc(CNC(=O)[C@@H]2C[C@@H](O)CN2C(=O)C(C(C)C)N2Cc3ccccc3C2=O)c(OCCOCCOc2ccc(Nc3ncc(Br)c(NCCCN(C)C(=O)C4CCC4)n3)cc2)c1. The molecule has 1 unspecified atom stereocenters. The molecule has 1 saturated heterocycles. The van der Waals surface area contributed by atoms with Crippen LogP contribution in [0.5, 0.6) is 11.5 Å². The molecule has 71 heavy (non-hydrogen) atoms. The number of carbonyl (C=O) groups is 4. The Morgan fingerprint density at radius 3 is 2.49 bits per heavy atom. The van der Waals surface area contributed by atoms with Crippen LogP contribution < -0.4 is 25.4 Å². The molecule has 4 heterocycles. The van der Waals surface area contributed by atoms with E-state index in [1.807, 2.05) is 93.4 Å². The van der Waals surface area contributed by atoms with Gasteiger partial charge in [-0.3, -0.25) is 19.2 Å². The third kappa shape index (κ3) is 12.7. The lowest BCUT2D eigenvalue weighted by Crippen LogP contribution is -2.55. The van der Waals surface area contributed by atoms with Gasteiger partial charge >= 0.3 is 0 Å². The molecule has 17 nitrogen and oxygen atoms in total. The molecule has 0 bridgehead atoms. The summed E-state index contributed by atoms with van der Waals surface area (Å²) in [5.74, 6) is 1.57. The van der Waals surface area contributed by atoms with Gasteiger partial charge in [0.05, 0.1) is 39.9 Å². The zero-order valence-electron chi connectivity index (χ0n) is 40.6. The normalized spacial score (nSPS) is 16.9. The quantitative estimate of drug-likeness (QED) is 0.0479. The van der Waals surface area contributed by atoms with E-state index >= 15 is 0 Å². The van der Waals surface area contributed by atoms with Gasteiger partial charge in [-0.25, -0.2) is 9.97 Å². The number of aryl methyl sites for hydroxylation is 1. The van der Waals surface area contributed by atoms with E-state index < -0.39 is 24.1 Å². The summed E-state index contributed by atoms with van der Waals surface area (Å²) in [4.78, 5) is 73.3. The van der Waals surface area contributed by atoms with E-state index in [-0.39, 0.29) is 62.3 Å². The van der Waals surface area contributed by atoms with Crippen molar-refractivity contribution in [3.8, 4) is 21.9 Å². The number of anilines is 3. The number of likely N-dealkylation sites (tertiary alicyclic amines) is 1. The zero-order valence-corrected chi connectivity index (χ0v) is 43.0. The first-order valence-electron chi connectivity index (χ1n) is 24.2. The van der Waals surface area contributed by atoms with Crippen molar-refractivity contribution in [2.45, 2.75) is 84.2 Å². The second kappa shape index (κ2) is 23.8. The average molecular weight is 1050 g/mol. The summed E-state index contributed by atoms with van der Waals surface area (Å²) in [6, 6.07) is 18.9. The first-order chi connectivity index (χ1) is 34.3. The predicted molar refractivity (Wildman–Crippen MR) is 275 cm³/mol. The summed E-state index contributed by atoms with van der Waals surface area (Å²) in [5.41, 5.74) is 6.56. The van der Waals surface area contributed by atoms with Crippen LogP contribution in [0.3, 0.4) is 0 Å². The van der Waals surface area contributed by atoms with Gasteiger partial charge in [0, 0.05) is 75.1 Å². The first kappa shape index (κ1) is 51.2. The van der Waals surface area contributed by atoms with Crippen LogP contribution in [0, 0.1) is 18.8 Å². The predicted octanol–water partition coefficient (Wildman–Crippen LogP) is 7.21. The maximum atomic E-state index is 14.3. The van der Waals surface area contributed by atoms with Gasteiger partial charge in [0.15, 0.2) is 0 Å². The van der Waals surface area contributed by atoms with Gasteiger partial charge in [-0.1, -0.05) is 50.6 Å². The van der Waals surface area contributed by atoms with Gasteiger partial charge in [0.25, 0.3) is 5.91 Å². The summed E-state index contributed by atoms with van der Waals surface area (Å²) in [6.45, 7) is 8.62. The number of aromatic nitrogens is 3. The molecule has 19 heteroatoms. The van der Waals surface area contributed by atoms with Crippen molar-refractivity contribution < 1.29 is 38.5 Å². The van der Waals surface area contributed by atoms with E-state index in [2.05, 4.69) is 46.8 Å². The number of amides is 4. The van der Waals surface area contributed by atoms with Crippen LogP contribution in [-0.4, -0.2) is 130 Å². The van der Waals surface area contributed by atoms with Crippen molar-refractivity contribution in [2.24, 2.45) is 11.8 Å². The summed E-state index contributed by atoms with van der Waals surface area (Å²) in [6.07, 6.45) is 4.83. The van der Waals surface area contributed by atoms with E-state index in [1.165, 1.54) is 16.2 Å². The molecule has 3 aromatic carbocycles. The molecule has 0 spiro atoms. The highest BCUT2D eigenvalue weighted by Gasteiger charge is 2.46. The number of nitrogens with zero attached hydrogens (tertiary/aromatic N) is 6. The third-order valence-electron chi connectivity index (χ3n) is 13.1. The molecule has 3 atom stereocenters. The summed E-state index contributed by atoms with van der Waals surface area (Å²) < 4.78 is 18.8. The van der Waals surface area contributed by atoms with Gasteiger partial charge in [0.1, 0.15) is 42.6 Å². The molecule has 0 radical (unpaired) electrons. The van der Waals surface area contributed by atoms with Gasteiger partial charge in [-0.15, -0.1) is 11.3 Å². The number of benzene rings is 3. The van der Waals surface area contributed by atoms with E-state index in [4.69, 9.17) is 14.2 Å². The molecule has 3 aliphatic rings. The van der Waals surface area contributed by atoms with Crippen molar-refractivity contribution >= 4 is 68.3 Å². The summed E-state index contributed by atoms with van der Waals surface area (Å²) >= 11 is 5.05. The van der Waals surface area contributed by atoms with Crippen molar-refractivity contribution in [3.05, 3.63) is 105 Å². The molecule has 2 aliphatic heterocycles. The Kier molecular flexibility index (Phi) is 17.2. The minimum atomic E-state index is -0.916. The van der Waals surface area contributed by atoms with E-state index in [0.29, 0.717) is 61.7 Å². The van der Waals surface area contributed by atoms with Crippen molar-refractivity contribution in [1.82, 2.24) is 35.0 Å². The number of carbonyl (C=O) groups excluding carboxylic acids is 4. The number of β-amino-alcohol motifs (C(OH)–C–C–N with tert-alkyl or cyclic N) is 1. The van der Waals surface area contributed by atoms with E-state index in [9.17, 15) is 24.3 Å². The van der Waals surface area contributed by atoms with E-state index in [0.717, 1.165) is 63.1 Å². The van der Waals surface area contributed by atoms with Gasteiger partial charge in [-0.05, 0) is 95.6 Å². The van der Waals surface area contributed by atoms with Gasteiger partial charge in [0.2, 0.25) is 23.7 Å². The van der Waals surface area contributed by atoms with Crippen molar-refractivity contribution in [1.29, 1.82) is 0 Å². The van der Waals surface area contributed by atoms with Gasteiger partial charge in [-0.2, -0.15) is 4.98 Å². The highest BCUT2D eigenvalue weighted by molar-refractivity contribution is 9.10. The highest BCUT2D eigenvalue weighted by atomic mass is 79.9. The number of aliphatic hydroxyl groups is 1. The van der Waals surface area contributed by atoms with E-state index in [1.54, 1.807) is 22.7 Å². The van der Waals surface area contributed by atoms with Crippen LogP contribution in [0.1, 0.15) is 73.1 Å². The maximum Gasteiger partial charge on any atom is 0.255 e. The fourth-order valence-electron chi connectivity index (χ4n) is 9.06. The second-order valence-corrected chi connectivity index (χ2v) is 20.2. The fourth-order valence-corrected chi connectivity index (χ4v) is 10.2. The molecule has 376 valence electrons. The Morgan fingerprint density at radius 1 is 1.00 bits per heavy atom. The standard InChI is InChI=1S/C52H62BrN9O8S/c1-32(2)45(62-29-37-9-5-6-12-41(37)50(62)66)51(67)61-30-39(63)26-43(61)48(64)55-27-36-14-13-35(46-33(3)57-31-71-46)25-44(36)70-24-22-68-21-23-69-40-17-15-38(16-18-40)58-52-56-28-42(53)47(59-52)54-19-8-20-60(4)49(65)34-10-7-11-34/h5-6,9,12-18,25,28,31-32,34,39,43,45,63H,7-8,10-11,19-24,26-27,29-30H2,1-4H3,(H,55,64)(H2,54,56,58,59)/t39-,43+,45?/m1/s1. The molecular formula is C52H62BrN9O8S. The number of hydrogen-bond acceptors (Lipinski definition) is 14. The molecule has 1 saturated carbocycles. The van der Waals surface area contributed by atoms with Crippen molar-refractivity contribution in [3.63, 3.8) is 0 Å². The number of rotatable bonds is 23. The van der Waals surface area contributed by atoms with Crippen LogP contribution in [0.15, 0.2) is 82.9 Å². The second-order valence-electron chi connectivity index (χ2n) is 18.5. The number of aliphatic hydroxyl groups excluding tert-OH is 1. The third-order valence-corrected chi connectivity index (χ3v) is 14.6. The van der Waals surface area contributed by atoms with Crippen molar-refractivity contribution in [2.75, 3.05) is 63.7 Å². The van der Waals surface area contributed by atoms with Crippen LogP contribution >= 0.6 is 27.3 Å². The largest absolute Gasteiger partial charge is 0.491 e. The number of halogens is 1. The minimum absolute atomic E-state index is 0.00416. The molecule has 5 aromatic rings. The van der Waals surface area contributed by atoms with Crippen LogP contribution in [-0.2, 0) is 32.2 Å². The monoisotopic (exact) mass is 1050 g/mol. The average Bonchev–Trinajstić information content (AvgIpc) is 4.06. The number of hydrogen-bond donors (Lipinski definition) is 4. The Balaban J connectivity index is 0.795. The molecule has 2 aromatic heterocycles. The summed E-state index contributed by atoms with van der Waals surface area (Å²) in [5, 5.41) is 20.3. The number of thiazole rings is 1. The Bertz CT molecular complexity index is 2670. The zero-order chi connectivity index (χ0) is 50.0. The topological polar surface area (TPSA) is 201 Å². The molecule has 2 fully saturated rings. The van der Waals surface area contributed by atoms with Gasteiger partial charge < -0.3 is 50.0 Å². The summed E-state index contributed by atoms with van der Waals surface area (Å²) in [7, 11) is 1.87. The highest BCUT2D eigenvalue weighted by Crippen LogP contribution is 2.34. The molecule has 1 aliphatic carbocycles. The fraction of sp³-hybridized carbons (Fsp3) is 0.442. The molecule has 8 rings (SSSR count). The Morgan fingerprint density at radius 2 is 1.77 bits per heavy atom. The molecule has 4 N–H and O–H groups in total. The van der Waals surface area contributed by atoms with Crippen LogP contribution in [0.2, 0.25) is 0 Å². The first-order valence-corrected chi connectivity index (χ1v) is 25.9. The Labute approximate surface area is 426 Å². The maximum absolute atomic E-state index is 14.3. The van der Waals surface area contributed by atoms with Crippen LogP contribution in [0.4, 0.5) is 17.5 Å². The molecular weight excluding hydrogens is 991 g/mol. The lowest BCUT2D eigenvalue weighted by atomic mass is 9.84. The van der Waals surface area contributed by atoms with Crippen LogP contribution in [0.25, 0.3) is 10.4 Å². The lowest BCUT2D eigenvalue weighted by molar-refractivity contribution is -0.143. The number of ether oxygens (including phenoxy) is 3. The smallest absolute Gasteiger partial charge is 0.255 e.